The summed E-state index contributed by atoms with van der Waals surface area (Å²) in [4.78, 5) is 0. The molecule has 0 aromatic carbocycles. The standard InChI is InChI=1S/C8H11N.BrH/c1-2-4-8-6-9-5-7(8)3-1;/h1,3,5,8-9H,2,4,6H2;1H. The van der Waals surface area contributed by atoms with Crippen LogP contribution in [-0.4, -0.2) is 6.54 Å². The highest BCUT2D eigenvalue weighted by molar-refractivity contribution is 5.24. The highest BCUT2D eigenvalue weighted by atomic mass is 79.9. The van der Waals surface area contributed by atoms with Crippen LogP contribution in [0.3, 0.4) is 0 Å². The number of hydrogen-bond acceptors (Lipinski definition) is 0. The molecular weight excluding hydrogens is 190 g/mol. The third kappa shape index (κ3) is 1.32. The Labute approximate surface area is 72.0 Å². The molecule has 0 saturated carbocycles. The second kappa shape index (κ2) is 3.35. The fourth-order valence-electron chi connectivity index (χ4n) is 1.63. The Kier molecular flexibility index (Phi) is 2.69. The average molecular weight is 202 g/mol. The lowest BCUT2D eigenvalue weighted by atomic mass is 9.92. The van der Waals surface area contributed by atoms with Crippen LogP contribution in [0.1, 0.15) is 12.8 Å². The van der Waals surface area contributed by atoms with Gasteiger partial charge in [-0.15, -0.1) is 0 Å². The number of hydrogen-bond donors (Lipinski definition) is 1. The van der Waals surface area contributed by atoms with Crippen LogP contribution in [0.4, 0.5) is 0 Å². The van der Waals surface area contributed by atoms with Crippen molar-refractivity contribution in [3.63, 3.8) is 0 Å². The third-order valence-corrected chi connectivity index (χ3v) is 2.19. The molecule has 56 valence electrons. The summed E-state index contributed by atoms with van der Waals surface area (Å²) in [6, 6.07) is 0. The Morgan fingerprint density at radius 3 is 3.20 bits per heavy atom. The minimum atomic E-state index is 0. The van der Waals surface area contributed by atoms with Crippen molar-refractivity contribution >= 4 is 0 Å². The minimum Gasteiger partial charge on any atom is -1.00 e. The van der Waals surface area contributed by atoms with Gasteiger partial charge in [0.25, 0.3) is 0 Å². The second-order valence-electron chi connectivity index (χ2n) is 2.81. The first-order valence-electron chi connectivity index (χ1n) is 3.67. The van der Waals surface area contributed by atoms with Crippen molar-refractivity contribution in [3.8, 4) is 0 Å². The largest absolute Gasteiger partial charge is 1.00 e. The van der Waals surface area contributed by atoms with Crippen LogP contribution in [0.5, 0.6) is 0 Å². The molecule has 0 saturated heterocycles. The Morgan fingerprint density at radius 2 is 2.40 bits per heavy atom. The van der Waals surface area contributed by atoms with E-state index in [0.717, 1.165) is 5.92 Å². The van der Waals surface area contributed by atoms with E-state index in [2.05, 4.69) is 23.7 Å². The summed E-state index contributed by atoms with van der Waals surface area (Å²) in [7, 11) is 0. The van der Waals surface area contributed by atoms with Crippen LogP contribution in [0.15, 0.2) is 23.9 Å². The molecule has 2 N–H and O–H groups in total. The van der Waals surface area contributed by atoms with E-state index < -0.39 is 0 Å². The number of quaternary nitrogens is 1. The Balaban J connectivity index is 0.000000500. The van der Waals surface area contributed by atoms with Crippen molar-refractivity contribution in [1.82, 2.24) is 0 Å². The molecule has 2 heteroatoms. The molecule has 0 spiro atoms. The maximum atomic E-state index is 2.29. The smallest absolute Gasteiger partial charge is 0.0963 e. The molecule has 0 amide bonds. The number of fused-ring (bicyclic) bond motifs is 1. The van der Waals surface area contributed by atoms with Gasteiger partial charge < -0.3 is 22.3 Å². The molecule has 1 unspecified atom stereocenters. The zero-order chi connectivity index (χ0) is 6.10. The predicted octanol–water partition coefficient (Wildman–Crippen LogP) is -2.58. The monoisotopic (exact) mass is 201 g/mol. The van der Waals surface area contributed by atoms with Crippen LogP contribution in [0.25, 0.3) is 0 Å². The van der Waals surface area contributed by atoms with Crippen molar-refractivity contribution in [1.29, 1.82) is 0 Å². The average Bonchev–Trinajstić information content (AvgIpc) is 2.33. The van der Waals surface area contributed by atoms with Gasteiger partial charge in [-0.3, -0.25) is 0 Å². The van der Waals surface area contributed by atoms with Gasteiger partial charge in [0.15, 0.2) is 0 Å². The fraction of sp³-hybridized carbons (Fsp3) is 0.500. The van der Waals surface area contributed by atoms with Crippen molar-refractivity contribution in [2.24, 2.45) is 5.92 Å². The van der Waals surface area contributed by atoms with E-state index >= 15 is 0 Å². The molecule has 0 bridgehead atoms. The highest BCUT2D eigenvalue weighted by Gasteiger charge is 2.21. The van der Waals surface area contributed by atoms with Gasteiger partial charge in [-0.2, -0.15) is 0 Å². The molecule has 1 aliphatic heterocycles. The van der Waals surface area contributed by atoms with Crippen LogP contribution < -0.4 is 22.3 Å². The first kappa shape index (κ1) is 8.02. The maximum Gasteiger partial charge on any atom is 0.0963 e. The summed E-state index contributed by atoms with van der Waals surface area (Å²) >= 11 is 0. The Bertz CT molecular complexity index is 172. The molecule has 0 aromatic heterocycles. The van der Waals surface area contributed by atoms with Crippen molar-refractivity contribution in [3.05, 3.63) is 23.9 Å². The molecule has 1 aliphatic carbocycles. The summed E-state index contributed by atoms with van der Waals surface area (Å²) in [6.07, 6.45) is 9.48. The summed E-state index contributed by atoms with van der Waals surface area (Å²) < 4.78 is 0. The lowest BCUT2D eigenvalue weighted by Crippen LogP contribution is -3.00. The van der Waals surface area contributed by atoms with E-state index in [1.165, 1.54) is 19.4 Å². The lowest BCUT2D eigenvalue weighted by molar-refractivity contribution is -0.582. The molecule has 2 rings (SSSR count). The van der Waals surface area contributed by atoms with E-state index in [-0.39, 0.29) is 17.0 Å². The Morgan fingerprint density at radius 1 is 1.50 bits per heavy atom. The first-order chi connectivity index (χ1) is 4.47. The van der Waals surface area contributed by atoms with E-state index in [1.807, 2.05) is 0 Å². The predicted molar refractivity (Wildman–Crippen MR) is 36.7 cm³/mol. The van der Waals surface area contributed by atoms with Crippen molar-refractivity contribution in [2.45, 2.75) is 12.8 Å². The van der Waals surface area contributed by atoms with Gasteiger partial charge in [-0.25, -0.2) is 0 Å². The molecule has 1 atom stereocenters. The minimum absolute atomic E-state index is 0. The van der Waals surface area contributed by atoms with Gasteiger partial charge in [0, 0.05) is 11.5 Å². The molecule has 0 aromatic rings. The maximum absolute atomic E-state index is 2.29. The van der Waals surface area contributed by atoms with Crippen LogP contribution in [0.2, 0.25) is 0 Å². The van der Waals surface area contributed by atoms with Gasteiger partial charge in [0.05, 0.1) is 12.7 Å². The number of nitrogens with two attached hydrogens (primary N) is 1. The quantitative estimate of drug-likeness (QED) is 0.444. The number of rotatable bonds is 0. The molecular formula is C8H12BrN. The lowest BCUT2D eigenvalue weighted by Gasteiger charge is -2.10. The van der Waals surface area contributed by atoms with E-state index in [4.69, 9.17) is 0 Å². The molecule has 1 nitrogen and oxygen atoms in total. The number of allylic oxidation sites excluding steroid dienone is 2. The van der Waals surface area contributed by atoms with Crippen molar-refractivity contribution in [2.75, 3.05) is 6.54 Å². The van der Waals surface area contributed by atoms with Crippen LogP contribution in [-0.2, 0) is 0 Å². The third-order valence-electron chi connectivity index (χ3n) is 2.19. The van der Waals surface area contributed by atoms with Gasteiger partial charge in [0.2, 0.25) is 0 Å². The first-order valence-corrected chi connectivity index (χ1v) is 3.67. The Hall–Kier alpha value is -0.0800. The second-order valence-corrected chi connectivity index (χ2v) is 2.81. The van der Waals surface area contributed by atoms with E-state index in [0.29, 0.717) is 0 Å². The van der Waals surface area contributed by atoms with Gasteiger partial charge >= 0.3 is 0 Å². The van der Waals surface area contributed by atoms with Crippen LogP contribution in [0, 0.1) is 5.92 Å². The van der Waals surface area contributed by atoms with Crippen molar-refractivity contribution < 1.29 is 22.3 Å². The zero-order valence-electron chi connectivity index (χ0n) is 5.89. The molecule has 2 aliphatic rings. The normalized spacial score (nSPS) is 28.8. The summed E-state index contributed by atoms with van der Waals surface area (Å²) in [5.74, 6) is 0.884. The van der Waals surface area contributed by atoms with Gasteiger partial charge in [0.1, 0.15) is 0 Å². The summed E-state index contributed by atoms with van der Waals surface area (Å²) in [5.41, 5.74) is 1.56. The molecule has 0 radical (unpaired) electrons. The van der Waals surface area contributed by atoms with E-state index in [9.17, 15) is 0 Å². The van der Waals surface area contributed by atoms with Gasteiger partial charge in [-0.05, 0) is 12.8 Å². The summed E-state index contributed by atoms with van der Waals surface area (Å²) in [6.45, 7) is 1.29. The van der Waals surface area contributed by atoms with Crippen LogP contribution >= 0.6 is 0 Å². The summed E-state index contributed by atoms with van der Waals surface area (Å²) in [5, 5.41) is 2.29. The fourth-order valence-corrected chi connectivity index (χ4v) is 1.63. The SMILES string of the molecule is C1=CC2=C[NH2+]CC2CC1.[Br-]. The van der Waals surface area contributed by atoms with Gasteiger partial charge in [-0.1, -0.05) is 12.2 Å². The van der Waals surface area contributed by atoms with E-state index in [1.54, 1.807) is 5.57 Å². The molecule has 10 heavy (non-hydrogen) atoms. The highest BCUT2D eigenvalue weighted by Crippen LogP contribution is 2.23. The zero-order valence-corrected chi connectivity index (χ0v) is 7.47. The molecule has 1 heterocycles. The number of halogens is 1. The molecule has 0 fully saturated rings. The topological polar surface area (TPSA) is 16.6 Å².